The number of aliphatic carboxylic acids is 1. The molecule has 0 saturated heterocycles. The minimum Gasteiger partial charge on any atom is -0.482 e. The third kappa shape index (κ3) is 2.47. The molecule has 1 aromatic rings. The predicted octanol–water partition coefficient (Wildman–Crippen LogP) is 0.869. The van der Waals surface area contributed by atoms with Crippen LogP contribution in [0.4, 0.5) is 5.69 Å². The minimum atomic E-state index is -1.05. The lowest BCUT2D eigenvalue weighted by atomic mass is 10.2. The molecule has 2 N–H and O–H groups in total. The smallest absolute Gasteiger partial charge is 0.344 e. The molecule has 0 spiro atoms. The van der Waals surface area contributed by atoms with Crippen LogP contribution in [0.25, 0.3) is 0 Å². The highest BCUT2D eigenvalue weighted by atomic mass is 16.5. The second kappa shape index (κ2) is 4.32. The van der Waals surface area contributed by atoms with Crippen LogP contribution in [0.5, 0.6) is 11.5 Å². The zero-order valence-corrected chi connectivity index (χ0v) is 9.10. The Morgan fingerprint density at radius 3 is 3.06 bits per heavy atom. The number of hydrogen-bond donors (Lipinski definition) is 2. The van der Waals surface area contributed by atoms with Crippen molar-refractivity contribution >= 4 is 17.6 Å². The molecule has 1 aliphatic heterocycles. The number of fused-ring (bicyclic) bond motifs is 1. The van der Waals surface area contributed by atoms with Crippen molar-refractivity contribution in [3.63, 3.8) is 0 Å². The monoisotopic (exact) mass is 237 g/mol. The molecule has 1 atom stereocenters. The van der Waals surface area contributed by atoms with Gasteiger partial charge in [-0.3, -0.25) is 4.79 Å². The van der Waals surface area contributed by atoms with Crippen LogP contribution in [0.2, 0.25) is 0 Å². The van der Waals surface area contributed by atoms with Crippen molar-refractivity contribution in [1.82, 2.24) is 0 Å². The molecular formula is C11H11NO5. The van der Waals surface area contributed by atoms with Gasteiger partial charge in [0.05, 0.1) is 5.69 Å². The zero-order chi connectivity index (χ0) is 12.4. The Morgan fingerprint density at radius 1 is 1.59 bits per heavy atom. The van der Waals surface area contributed by atoms with Gasteiger partial charge < -0.3 is 19.9 Å². The first kappa shape index (κ1) is 11.3. The molecule has 6 heteroatoms. The zero-order valence-electron chi connectivity index (χ0n) is 9.10. The quantitative estimate of drug-likeness (QED) is 0.814. The first-order valence-electron chi connectivity index (χ1n) is 5.02. The molecule has 6 nitrogen and oxygen atoms in total. The summed E-state index contributed by atoms with van der Waals surface area (Å²) < 4.78 is 10.3. The van der Waals surface area contributed by atoms with Crippen molar-refractivity contribution < 1.29 is 24.2 Å². The summed E-state index contributed by atoms with van der Waals surface area (Å²) >= 11 is 0. The van der Waals surface area contributed by atoms with Gasteiger partial charge in [-0.25, -0.2) is 4.79 Å². The average molecular weight is 237 g/mol. The number of carbonyl (C=O) groups excluding carboxylic acids is 1. The summed E-state index contributed by atoms with van der Waals surface area (Å²) in [6, 6.07) is 4.75. The Labute approximate surface area is 97.1 Å². The fourth-order valence-corrected chi connectivity index (χ4v) is 1.39. The topological polar surface area (TPSA) is 84.9 Å². The lowest BCUT2D eigenvalue weighted by Crippen LogP contribution is -2.26. The fraction of sp³-hybridized carbons (Fsp3) is 0.273. The average Bonchev–Trinajstić information content (AvgIpc) is 2.28. The van der Waals surface area contributed by atoms with E-state index in [2.05, 4.69) is 5.32 Å². The van der Waals surface area contributed by atoms with E-state index >= 15 is 0 Å². The van der Waals surface area contributed by atoms with E-state index in [1.807, 2.05) is 0 Å². The van der Waals surface area contributed by atoms with Crippen molar-refractivity contribution in [2.45, 2.75) is 13.0 Å². The second-order valence-corrected chi connectivity index (χ2v) is 3.59. The molecule has 2 rings (SSSR count). The van der Waals surface area contributed by atoms with Crippen LogP contribution < -0.4 is 14.8 Å². The van der Waals surface area contributed by atoms with E-state index in [9.17, 15) is 9.59 Å². The van der Waals surface area contributed by atoms with Gasteiger partial charge in [0.25, 0.3) is 5.91 Å². The highest BCUT2D eigenvalue weighted by Gasteiger charge is 2.18. The summed E-state index contributed by atoms with van der Waals surface area (Å²) in [7, 11) is 0. The number of carbonyl (C=O) groups is 2. The Bertz CT molecular complexity index is 471. The predicted molar refractivity (Wildman–Crippen MR) is 58.3 cm³/mol. The van der Waals surface area contributed by atoms with Crippen molar-refractivity contribution in [2.24, 2.45) is 0 Å². The van der Waals surface area contributed by atoms with Crippen LogP contribution in [-0.4, -0.2) is 29.7 Å². The van der Waals surface area contributed by atoms with Crippen LogP contribution in [-0.2, 0) is 9.59 Å². The molecule has 1 heterocycles. The van der Waals surface area contributed by atoms with E-state index in [4.69, 9.17) is 14.6 Å². The van der Waals surface area contributed by atoms with Crippen LogP contribution in [0, 0.1) is 0 Å². The second-order valence-electron chi connectivity index (χ2n) is 3.59. The number of carboxylic acid groups (broad SMARTS) is 1. The maximum absolute atomic E-state index is 11.1. The van der Waals surface area contributed by atoms with Crippen LogP contribution >= 0.6 is 0 Å². The number of benzene rings is 1. The number of hydrogen-bond acceptors (Lipinski definition) is 4. The van der Waals surface area contributed by atoms with Gasteiger partial charge in [-0.2, -0.15) is 0 Å². The Morgan fingerprint density at radius 2 is 2.35 bits per heavy atom. The number of anilines is 1. The molecule has 1 aromatic carbocycles. The molecule has 0 saturated carbocycles. The van der Waals surface area contributed by atoms with E-state index in [-0.39, 0.29) is 12.5 Å². The third-order valence-corrected chi connectivity index (χ3v) is 2.24. The van der Waals surface area contributed by atoms with E-state index in [0.29, 0.717) is 17.2 Å². The summed E-state index contributed by atoms with van der Waals surface area (Å²) in [6.07, 6.45) is -0.951. The highest BCUT2D eigenvalue weighted by molar-refractivity contribution is 5.95. The molecule has 17 heavy (non-hydrogen) atoms. The van der Waals surface area contributed by atoms with Crippen molar-refractivity contribution in [2.75, 3.05) is 11.9 Å². The number of amides is 1. The van der Waals surface area contributed by atoms with Gasteiger partial charge in [-0.05, 0) is 19.1 Å². The molecule has 1 amide bonds. The first-order valence-corrected chi connectivity index (χ1v) is 5.02. The largest absolute Gasteiger partial charge is 0.482 e. The number of nitrogens with one attached hydrogen (secondary N) is 1. The first-order chi connectivity index (χ1) is 8.06. The maximum atomic E-state index is 11.1. The van der Waals surface area contributed by atoms with Gasteiger partial charge >= 0.3 is 5.97 Å². The fourth-order valence-electron chi connectivity index (χ4n) is 1.39. The van der Waals surface area contributed by atoms with Crippen molar-refractivity contribution in [3.05, 3.63) is 18.2 Å². The minimum absolute atomic E-state index is 0.0151. The summed E-state index contributed by atoms with van der Waals surface area (Å²) in [5, 5.41) is 11.3. The van der Waals surface area contributed by atoms with Gasteiger partial charge in [0, 0.05) is 6.07 Å². The highest BCUT2D eigenvalue weighted by Crippen LogP contribution is 2.31. The molecule has 90 valence electrons. The maximum Gasteiger partial charge on any atom is 0.344 e. The lowest BCUT2D eigenvalue weighted by Gasteiger charge is -2.19. The standard InChI is InChI=1S/C11H11NO5/c1-6(11(14)15)17-7-2-3-9-8(4-7)12-10(13)5-16-9/h2-4,6H,5H2,1H3,(H,12,13)(H,14,15). The summed E-state index contributed by atoms with van der Waals surface area (Å²) in [4.78, 5) is 21.7. The number of rotatable bonds is 3. The number of carboxylic acids is 1. The summed E-state index contributed by atoms with van der Waals surface area (Å²) in [5.74, 6) is -0.395. The molecular weight excluding hydrogens is 226 g/mol. The summed E-state index contributed by atoms with van der Waals surface area (Å²) in [5.41, 5.74) is 0.483. The van der Waals surface area contributed by atoms with Gasteiger partial charge in [0.15, 0.2) is 12.7 Å². The van der Waals surface area contributed by atoms with E-state index in [0.717, 1.165) is 0 Å². The SMILES string of the molecule is CC(Oc1ccc2c(c1)NC(=O)CO2)C(=O)O. The van der Waals surface area contributed by atoms with Crippen molar-refractivity contribution in [3.8, 4) is 11.5 Å². The molecule has 0 aliphatic carbocycles. The molecule has 0 radical (unpaired) electrons. The third-order valence-electron chi connectivity index (χ3n) is 2.24. The van der Waals surface area contributed by atoms with E-state index < -0.39 is 12.1 Å². The Balaban J connectivity index is 2.18. The molecule has 0 bridgehead atoms. The van der Waals surface area contributed by atoms with Gasteiger partial charge in [-0.1, -0.05) is 0 Å². The normalized spacial score (nSPS) is 15.2. The van der Waals surface area contributed by atoms with Crippen LogP contribution in [0.15, 0.2) is 18.2 Å². The summed E-state index contributed by atoms with van der Waals surface area (Å²) in [6.45, 7) is 1.41. The molecule has 0 aromatic heterocycles. The molecule has 1 aliphatic rings. The Hall–Kier alpha value is -2.24. The Kier molecular flexibility index (Phi) is 2.86. The van der Waals surface area contributed by atoms with Crippen LogP contribution in [0.3, 0.4) is 0 Å². The van der Waals surface area contributed by atoms with E-state index in [1.165, 1.54) is 13.0 Å². The lowest BCUT2D eigenvalue weighted by molar-refractivity contribution is -0.144. The van der Waals surface area contributed by atoms with E-state index in [1.54, 1.807) is 12.1 Å². The number of ether oxygens (including phenoxy) is 2. The van der Waals surface area contributed by atoms with Gasteiger partial charge in [0.1, 0.15) is 11.5 Å². The molecule has 0 fully saturated rings. The van der Waals surface area contributed by atoms with Gasteiger partial charge in [0.2, 0.25) is 0 Å². The molecule has 1 unspecified atom stereocenters. The van der Waals surface area contributed by atoms with Gasteiger partial charge in [-0.15, -0.1) is 0 Å². The van der Waals surface area contributed by atoms with Crippen molar-refractivity contribution in [1.29, 1.82) is 0 Å². The van der Waals surface area contributed by atoms with Crippen LogP contribution in [0.1, 0.15) is 6.92 Å².